The minimum atomic E-state index is 0.146. The zero-order valence-electron chi connectivity index (χ0n) is 12.3. The van der Waals surface area contributed by atoms with E-state index in [1.165, 1.54) is 12.2 Å². The van der Waals surface area contributed by atoms with Crippen molar-refractivity contribution < 1.29 is 4.74 Å². The van der Waals surface area contributed by atoms with E-state index in [0.717, 1.165) is 38.6 Å². The summed E-state index contributed by atoms with van der Waals surface area (Å²) in [6.07, 6.45) is 2.72. The lowest BCUT2D eigenvalue weighted by atomic mass is 9.95. The smallest absolute Gasteiger partial charge is 0.144 e. The Morgan fingerprint density at radius 3 is 2.95 bits per heavy atom. The van der Waals surface area contributed by atoms with E-state index in [1.54, 1.807) is 12.3 Å². The van der Waals surface area contributed by atoms with E-state index in [1.807, 2.05) is 11.8 Å². The molecule has 118 valence electrons. The first kappa shape index (κ1) is 15.9. The summed E-state index contributed by atoms with van der Waals surface area (Å²) in [7, 11) is 0. The van der Waals surface area contributed by atoms with Crippen LogP contribution >= 0.6 is 23.4 Å². The summed E-state index contributed by atoms with van der Waals surface area (Å²) in [6.45, 7) is 4.40. The van der Waals surface area contributed by atoms with Gasteiger partial charge in [-0.25, -0.2) is 4.98 Å². The fourth-order valence-corrected chi connectivity index (χ4v) is 4.72. The summed E-state index contributed by atoms with van der Waals surface area (Å²) in [4.78, 5) is 6.81. The first-order valence-corrected chi connectivity index (χ1v) is 8.97. The summed E-state index contributed by atoms with van der Waals surface area (Å²) in [5.74, 6) is 2.96. The quantitative estimate of drug-likeness (QED) is 0.908. The molecule has 1 N–H and O–H groups in total. The van der Waals surface area contributed by atoms with Crippen molar-refractivity contribution in [2.24, 2.45) is 0 Å². The molecule has 2 saturated heterocycles. The maximum Gasteiger partial charge on any atom is 0.144 e. The van der Waals surface area contributed by atoms with E-state index in [9.17, 15) is 0 Å². The number of hydrogen-bond acceptors (Lipinski definition) is 6. The number of nitrogens with one attached hydrogen (secondary N) is 1. The molecule has 0 aromatic carbocycles. The molecule has 1 aromatic heterocycles. The van der Waals surface area contributed by atoms with Crippen molar-refractivity contribution in [3.63, 3.8) is 0 Å². The molecule has 3 rings (SSSR count). The topological polar surface area (TPSA) is 61.2 Å². The molecule has 1 aromatic rings. The molecule has 2 aliphatic rings. The van der Waals surface area contributed by atoms with Gasteiger partial charge in [0.25, 0.3) is 0 Å². The molecule has 0 bridgehead atoms. The Morgan fingerprint density at radius 1 is 1.50 bits per heavy atom. The SMILES string of the molecule is N#Cc1cnc(NCC2(N3CCOCC3)CCSC2)c(Cl)c1. The molecule has 1 atom stereocenters. The standard InChI is InChI=1S/C15H19ClN4OS/c16-13-7-12(8-17)9-18-14(13)19-10-15(1-6-22-11-15)20-2-4-21-5-3-20/h7,9H,1-6,10-11H2,(H,18,19). The molecule has 5 nitrogen and oxygen atoms in total. The van der Waals surface area contributed by atoms with Crippen molar-refractivity contribution in [3.8, 4) is 6.07 Å². The molecule has 0 amide bonds. The van der Waals surface area contributed by atoms with Gasteiger partial charge in [-0.3, -0.25) is 4.90 Å². The predicted molar refractivity (Wildman–Crippen MR) is 89.5 cm³/mol. The molecule has 7 heteroatoms. The Labute approximate surface area is 140 Å². The molecular weight excluding hydrogens is 320 g/mol. The van der Waals surface area contributed by atoms with Crippen LogP contribution in [0.25, 0.3) is 0 Å². The Bertz CT molecular complexity index is 565. The number of thioether (sulfide) groups is 1. The van der Waals surface area contributed by atoms with Crippen LogP contribution in [-0.2, 0) is 4.74 Å². The Morgan fingerprint density at radius 2 is 2.32 bits per heavy atom. The second-order valence-corrected chi connectivity index (χ2v) is 7.16. The second kappa shape index (κ2) is 7.05. The number of anilines is 1. The maximum absolute atomic E-state index is 8.88. The fourth-order valence-electron chi connectivity index (χ4n) is 3.01. The van der Waals surface area contributed by atoms with Crippen LogP contribution in [0.5, 0.6) is 0 Å². The number of aromatic nitrogens is 1. The lowest BCUT2D eigenvalue weighted by Gasteiger charge is -2.43. The summed E-state index contributed by atoms with van der Waals surface area (Å²) in [6, 6.07) is 3.71. The minimum Gasteiger partial charge on any atom is -0.379 e. The predicted octanol–water partition coefficient (Wildman–Crippen LogP) is 2.23. The van der Waals surface area contributed by atoms with Gasteiger partial charge in [0.2, 0.25) is 0 Å². The van der Waals surface area contributed by atoms with E-state index >= 15 is 0 Å². The highest BCUT2D eigenvalue weighted by molar-refractivity contribution is 7.99. The van der Waals surface area contributed by atoms with Gasteiger partial charge >= 0.3 is 0 Å². The average Bonchev–Trinajstić information content (AvgIpc) is 3.04. The summed E-state index contributed by atoms with van der Waals surface area (Å²) >= 11 is 8.21. The minimum absolute atomic E-state index is 0.146. The fraction of sp³-hybridized carbons (Fsp3) is 0.600. The van der Waals surface area contributed by atoms with Crippen molar-refractivity contribution in [2.45, 2.75) is 12.0 Å². The van der Waals surface area contributed by atoms with Crippen LogP contribution in [0.3, 0.4) is 0 Å². The monoisotopic (exact) mass is 338 g/mol. The van der Waals surface area contributed by atoms with Gasteiger partial charge in [0.1, 0.15) is 11.9 Å². The molecule has 1 unspecified atom stereocenters. The third-order valence-electron chi connectivity index (χ3n) is 4.32. The summed E-state index contributed by atoms with van der Waals surface area (Å²) in [5, 5.41) is 12.8. The van der Waals surface area contributed by atoms with Crippen LogP contribution in [0.15, 0.2) is 12.3 Å². The van der Waals surface area contributed by atoms with Crippen LogP contribution in [0.1, 0.15) is 12.0 Å². The van der Waals surface area contributed by atoms with Crippen LogP contribution in [-0.4, -0.2) is 59.8 Å². The van der Waals surface area contributed by atoms with Gasteiger partial charge in [-0.2, -0.15) is 17.0 Å². The lowest BCUT2D eigenvalue weighted by molar-refractivity contribution is -0.00922. The molecule has 0 aliphatic carbocycles. The molecule has 2 aliphatic heterocycles. The molecule has 2 fully saturated rings. The van der Waals surface area contributed by atoms with Gasteiger partial charge in [0, 0.05) is 37.1 Å². The number of nitrogens with zero attached hydrogens (tertiary/aromatic N) is 3. The third-order valence-corrected chi connectivity index (χ3v) is 5.84. The first-order valence-electron chi connectivity index (χ1n) is 7.44. The van der Waals surface area contributed by atoms with Gasteiger partial charge in [-0.05, 0) is 18.2 Å². The van der Waals surface area contributed by atoms with Crippen molar-refractivity contribution in [3.05, 3.63) is 22.8 Å². The molecule has 0 spiro atoms. The van der Waals surface area contributed by atoms with E-state index < -0.39 is 0 Å². The van der Waals surface area contributed by atoms with E-state index in [-0.39, 0.29) is 5.54 Å². The average molecular weight is 339 g/mol. The molecule has 22 heavy (non-hydrogen) atoms. The number of hydrogen-bond donors (Lipinski definition) is 1. The summed E-state index contributed by atoms with van der Waals surface area (Å²) < 4.78 is 5.48. The highest BCUT2D eigenvalue weighted by Crippen LogP contribution is 2.34. The van der Waals surface area contributed by atoms with Crippen LogP contribution in [0.4, 0.5) is 5.82 Å². The summed E-state index contributed by atoms with van der Waals surface area (Å²) in [5.41, 5.74) is 0.628. The van der Waals surface area contributed by atoms with Crippen molar-refractivity contribution in [2.75, 3.05) is 49.7 Å². The number of nitriles is 1. The normalized spacial score (nSPS) is 25.8. The van der Waals surface area contributed by atoms with E-state index in [2.05, 4.69) is 21.3 Å². The molecule has 3 heterocycles. The molecular formula is C15H19ClN4OS. The first-order chi connectivity index (χ1) is 10.7. The van der Waals surface area contributed by atoms with Gasteiger partial charge in [-0.1, -0.05) is 11.6 Å². The van der Waals surface area contributed by atoms with Crippen LogP contribution in [0.2, 0.25) is 5.02 Å². The van der Waals surface area contributed by atoms with Crippen LogP contribution < -0.4 is 5.32 Å². The Balaban J connectivity index is 1.71. The van der Waals surface area contributed by atoms with Gasteiger partial charge in [-0.15, -0.1) is 0 Å². The number of morpholine rings is 1. The number of rotatable bonds is 4. The third kappa shape index (κ3) is 3.33. The van der Waals surface area contributed by atoms with Crippen LogP contribution in [0, 0.1) is 11.3 Å². The zero-order chi connectivity index (χ0) is 15.4. The number of pyridine rings is 1. The zero-order valence-corrected chi connectivity index (χ0v) is 13.9. The van der Waals surface area contributed by atoms with Gasteiger partial charge < -0.3 is 10.1 Å². The van der Waals surface area contributed by atoms with Crippen molar-refractivity contribution >= 4 is 29.2 Å². The van der Waals surface area contributed by atoms with E-state index in [4.69, 9.17) is 21.6 Å². The Hall–Kier alpha value is -1.00. The van der Waals surface area contributed by atoms with Gasteiger partial charge in [0.05, 0.1) is 23.8 Å². The Kier molecular flexibility index (Phi) is 5.09. The second-order valence-electron chi connectivity index (χ2n) is 5.65. The van der Waals surface area contributed by atoms with E-state index in [0.29, 0.717) is 16.4 Å². The largest absolute Gasteiger partial charge is 0.379 e. The van der Waals surface area contributed by atoms with Gasteiger partial charge in [0.15, 0.2) is 0 Å². The molecule has 0 saturated carbocycles. The highest BCUT2D eigenvalue weighted by Gasteiger charge is 2.40. The number of halogens is 1. The lowest BCUT2D eigenvalue weighted by Crippen LogP contribution is -2.57. The maximum atomic E-state index is 8.88. The number of ether oxygens (including phenoxy) is 1. The van der Waals surface area contributed by atoms with Crippen molar-refractivity contribution in [1.29, 1.82) is 5.26 Å². The molecule has 0 radical (unpaired) electrons. The van der Waals surface area contributed by atoms with Crippen molar-refractivity contribution in [1.82, 2.24) is 9.88 Å². The highest BCUT2D eigenvalue weighted by atomic mass is 35.5.